The quantitative estimate of drug-likeness (QED) is 0.118. The van der Waals surface area contributed by atoms with Gasteiger partial charge >= 0.3 is 5.69 Å². The zero-order valence-electron chi connectivity index (χ0n) is 20.6. The zero-order valence-corrected chi connectivity index (χ0v) is 23.7. The normalized spacial score (nSPS) is 14.2. The summed E-state index contributed by atoms with van der Waals surface area (Å²) in [5.41, 5.74) is 1.15. The minimum absolute atomic E-state index is 0.00573. The Hall–Kier alpha value is -3.27. The Morgan fingerprint density at radius 1 is 1.13 bits per heavy atom. The molecule has 0 bridgehead atoms. The Labute approximate surface area is 242 Å². The van der Waals surface area contributed by atoms with Gasteiger partial charge in [0.2, 0.25) is 5.75 Å². The topological polar surface area (TPSA) is 99.6 Å². The van der Waals surface area contributed by atoms with E-state index >= 15 is 0 Å². The van der Waals surface area contributed by atoms with Crippen LogP contribution < -0.4 is 10.3 Å². The van der Waals surface area contributed by atoms with Gasteiger partial charge in [-0.1, -0.05) is 60.7 Å². The van der Waals surface area contributed by atoms with Crippen LogP contribution in [0.25, 0.3) is 10.9 Å². The Bertz CT molecular complexity index is 1650. The third-order valence-corrected chi connectivity index (χ3v) is 7.88. The first-order chi connectivity index (χ1) is 18.8. The van der Waals surface area contributed by atoms with Crippen molar-refractivity contribution in [1.82, 2.24) is 9.66 Å². The number of nitrogens with zero attached hydrogens (tertiary/aromatic N) is 4. The van der Waals surface area contributed by atoms with Crippen molar-refractivity contribution in [2.45, 2.75) is 44.6 Å². The maximum Gasteiger partial charge on any atom is 0.312 e. The number of ether oxygens (including phenoxy) is 1. The third-order valence-electron chi connectivity index (χ3n) is 6.70. The van der Waals surface area contributed by atoms with Crippen molar-refractivity contribution in [2.24, 2.45) is 5.10 Å². The monoisotopic (exact) mass is 628 g/mol. The SMILES string of the molecule is O=c1c2ccccc2nc(C2CCCCC2)n1N=Cc1cc(Br)c(OCc2ccc(Cl)cc2Cl)c([N+](=O)[O-])c1. The van der Waals surface area contributed by atoms with Crippen LogP contribution in [-0.2, 0) is 6.61 Å². The van der Waals surface area contributed by atoms with E-state index in [0.717, 1.165) is 32.1 Å². The standard InChI is InChI=1S/C28H23BrCl2N4O4/c29-22-12-17(13-25(35(37)38)26(22)39-16-19-10-11-20(30)14-23(19)31)15-32-34-27(18-6-2-1-3-7-18)33-24-9-5-4-8-21(24)28(34)36/h4-5,8-15,18H,1-3,6-7,16H2. The number of nitro benzene ring substituents is 1. The van der Waals surface area contributed by atoms with E-state index in [-0.39, 0.29) is 29.5 Å². The Morgan fingerprint density at radius 3 is 2.64 bits per heavy atom. The van der Waals surface area contributed by atoms with E-state index in [1.54, 1.807) is 36.4 Å². The van der Waals surface area contributed by atoms with Gasteiger partial charge in [-0.2, -0.15) is 9.78 Å². The molecule has 1 fully saturated rings. The first kappa shape index (κ1) is 27.3. The lowest BCUT2D eigenvalue weighted by molar-refractivity contribution is -0.386. The molecule has 0 radical (unpaired) electrons. The molecule has 200 valence electrons. The van der Waals surface area contributed by atoms with E-state index in [4.69, 9.17) is 32.9 Å². The highest BCUT2D eigenvalue weighted by Crippen LogP contribution is 2.37. The molecule has 0 amide bonds. The van der Waals surface area contributed by atoms with Crippen LogP contribution in [0.3, 0.4) is 0 Å². The molecule has 1 aromatic heterocycles. The van der Waals surface area contributed by atoms with E-state index in [1.807, 2.05) is 12.1 Å². The van der Waals surface area contributed by atoms with Crippen LogP contribution in [0, 0.1) is 10.1 Å². The summed E-state index contributed by atoms with van der Waals surface area (Å²) >= 11 is 15.6. The Kier molecular flexibility index (Phi) is 8.30. The van der Waals surface area contributed by atoms with Gasteiger partial charge in [0.1, 0.15) is 12.4 Å². The molecule has 1 aliphatic carbocycles. The minimum Gasteiger partial charge on any atom is -0.481 e. The van der Waals surface area contributed by atoms with Gasteiger partial charge in [-0.05, 0) is 59.1 Å². The molecule has 0 saturated heterocycles. The summed E-state index contributed by atoms with van der Waals surface area (Å²) in [4.78, 5) is 29.6. The van der Waals surface area contributed by atoms with Crippen molar-refractivity contribution in [3.63, 3.8) is 0 Å². The number of benzene rings is 3. The molecule has 1 heterocycles. The van der Waals surface area contributed by atoms with Crippen LogP contribution in [0.4, 0.5) is 5.69 Å². The maximum absolute atomic E-state index is 13.4. The second kappa shape index (κ2) is 11.9. The highest BCUT2D eigenvalue weighted by molar-refractivity contribution is 9.10. The van der Waals surface area contributed by atoms with E-state index in [9.17, 15) is 14.9 Å². The van der Waals surface area contributed by atoms with Gasteiger partial charge in [-0.15, -0.1) is 0 Å². The molecule has 8 nitrogen and oxygen atoms in total. The fourth-order valence-corrected chi connectivity index (χ4v) is 5.79. The van der Waals surface area contributed by atoms with Crippen molar-refractivity contribution in [1.29, 1.82) is 0 Å². The summed E-state index contributed by atoms with van der Waals surface area (Å²) in [6, 6.07) is 15.1. The van der Waals surface area contributed by atoms with Gasteiger partial charge in [0.15, 0.2) is 0 Å². The van der Waals surface area contributed by atoms with Crippen molar-refractivity contribution >= 4 is 61.9 Å². The van der Waals surface area contributed by atoms with Crippen LogP contribution in [0.5, 0.6) is 5.75 Å². The molecule has 0 spiro atoms. The number of halogens is 3. The van der Waals surface area contributed by atoms with Crippen LogP contribution >= 0.6 is 39.1 Å². The minimum atomic E-state index is -0.530. The predicted octanol–water partition coefficient (Wildman–Crippen LogP) is 7.88. The fraction of sp³-hybridized carbons (Fsp3) is 0.250. The highest BCUT2D eigenvalue weighted by Gasteiger charge is 2.23. The lowest BCUT2D eigenvalue weighted by atomic mass is 9.88. The third kappa shape index (κ3) is 6.00. The van der Waals surface area contributed by atoms with E-state index in [2.05, 4.69) is 21.0 Å². The molecular formula is C28H23BrCl2N4O4. The van der Waals surface area contributed by atoms with Gasteiger partial charge in [-0.25, -0.2) is 4.98 Å². The lowest BCUT2D eigenvalue weighted by Crippen LogP contribution is -2.25. The van der Waals surface area contributed by atoms with Gasteiger partial charge < -0.3 is 4.74 Å². The summed E-state index contributed by atoms with van der Waals surface area (Å²) in [6.07, 6.45) is 6.59. The molecule has 1 aliphatic rings. The van der Waals surface area contributed by atoms with E-state index < -0.39 is 4.92 Å². The van der Waals surface area contributed by atoms with Crippen LogP contribution in [-0.4, -0.2) is 20.8 Å². The van der Waals surface area contributed by atoms with Crippen molar-refractivity contribution < 1.29 is 9.66 Å². The second-order valence-electron chi connectivity index (χ2n) is 9.32. The van der Waals surface area contributed by atoms with Crippen molar-refractivity contribution in [3.05, 3.63) is 107 Å². The summed E-state index contributed by atoms with van der Waals surface area (Å²) in [5.74, 6) is 0.781. The predicted molar refractivity (Wildman–Crippen MR) is 156 cm³/mol. The van der Waals surface area contributed by atoms with Crippen LogP contribution in [0.1, 0.15) is 55.0 Å². The Morgan fingerprint density at radius 2 is 1.90 bits per heavy atom. The smallest absolute Gasteiger partial charge is 0.312 e. The zero-order chi connectivity index (χ0) is 27.5. The number of nitro groups is 1. The molecule has 4 aromatic rings. The number of hydrogen-bond acceptors (Lipinski definition) is 6. The van der Waals surface area contributed by atoms with E-state index in [0.29, 0.717) is 42.4 Å². The second-order valence-corrected chi connectivity index (χ2v) is 11.0. The van der Waals surface area contributed by atoms with Crippen LogP contribution in [0.15, 0.2) is 69.0 Å². The maximum atomic E-state index is 13.4. The molecule has 0 N–H and O–H groups in total. The van der Waals surface area contributed by atoms with Gasteiger partial charge in [0.05, 0.1) is 26.5 Å². The molecular weight excluding hydrogens is 607 g/mol. The molecule has 3 aromatic carbocycles. The molecule has 5 rings (SSSR count). The molecule has 0 aliphatic heterocycles. The number of hydrogen-bond donors (Lipinski definition) is 0. The average molecular weight is 630 g/mol. The fourth-order valence-electron chi connectivity index (χ4n) is 4.74. The van der Waals surface area contributed by atoms with E-state index in [1.165, 1.54) is 17.0 Å². The molecule has 39 heavy (non-hydrogen) atoms. The van der Waals surface area contributed by atoms with Crippen molar-refractivity contribution in [3.8, 4) is 5.75 Å². The van der Waals surface area contributed by atoms with Gasteiger partial charge in [-0.3, -0.25) is 14.9 Å². The molecule has 11 heteroatoms. The van der Waals surface area contributed by atoms with Gasteiger partial charge in [0.25, 0.3) is 5.56 Å². The molecule has 0 atom stereocenters. The first-order valence-corrected chi connectivity index (χ1v) is 14.0. The summed E-state index contributed by atoms with van der Waals surface area (Å²) in [5, 5.41) is 17.8. The number of aromatic nitrogens is 2. The largest absolute Gasteiger partial charge is 0.481 e. The summed E-state index contributed by atoms with van der Waals surface area (Å²) in [6.45, 7) is 0.00573. The number of fused-ring (bicyclic) bond motifs is 1. The average Bonchev–Trinajstić information content (AvgIpc) is 2.93. The van der Waals surface area contributed by atoms with Crippen molar-refractivity contribution in [2.75, 3.05) is 0 Å². The Balaban J connectivity index is 1.50. The van der Waals surface area contributed by atoms with Gasteiger partial charge in [0, 0.05) is 33.2 Å². The summed E-state index contributed by atoms with van der Waals surface area (Å²) < 4.78 is 7.49. The molecule has 0 unspecified atom stereocenters. The first-order valence-electron chi connectivity index (χ1n) is 12.4. The lowest BCUT2D eigenvalue weighted by Gasteiger charge is -2.22. The summed E-state index contributed by atoms with van der Waals surface area (Å²) in [7, 11) is 0. The van der Waals surface area contributed by atoms with Crippen LogP contribution in [0.2, 0.25) is 10.0 Å². The highest BCUT2D eigenvalue weighted by atomic mass is 79.9. The number of para-hydroxylation sites is 1. The number of rotatable bonds is 7. The molecule has 1 saturated carbocycles.